The van der Waals surface area contributed by atoms with Gasteiger partial charge in [-0.1, -0.05) is 54.1 Å². The fraction of sp³-hybridized carbons (Fsp3) is 0.192. The van der Waals surface area contributed by atoms with Crippen molar-refractivity contribution in [2.45, 2.75) is 26.9 Å². The van der Waals surface area contributed by atoms with Gasteiger partial charge < -0.3 is 4.90 Å². The summed E-state index contributed by atoms with van der Waals surface area (Å²) in [4.78, 5) is 34.3. The van der Waals surface area contributed by atoms with Gasteiger partial charge in [-0.3, -0.25) is 19.5 Å². The van der Waals surface area contributed by atoms with Crippen molar-refractivity contribution in [2.75, 3.05) is 7.05 Å². The molecule has 2 amide bonds. The lowest BCUT2D eigenvalue weighted by Crippen LogP contribution is -2.33. The smallest absolute Gasteiger partial charge is 0.278 e. The van der Waals surface area contributed by atoms with E-state index < -0.39 is 0 Å². The topological polar surface area (TPSA) is 53.5 Å². The van der Waals surface area contributed by atoms with E-state index in [1.54, 1.807) is 12.4 Å². The molecule has 5 heteroatoms. The minimum Gasteiger partial charge on any atom is -0.365 e. The zero-order valence-electron chi connectivity index (χ0n) is 18.0. The van der Waals surface area contributed by atoms with Crippen LogP contribution in [-0.2, 0) is 22.7 Å². The lowest BCUT2D eigenvalue weighted by atomic mass is 9.97. The van der Waals surface area contributed by atoms with Crippen LogP contribution in [0.15, 0.2) is 78.8 Å². The number of aromatic nitrogens is 1. The van der Waals surface area contributed by atoms with E-state index in [1.807, 2.05) is 86.5 Å². The van der Waals surface area contributed by atoms with Gasteiger partial charge in [0.2, 0.25) is 0 Å². The number of benzene rings is 2. The number of hydrogen-bond acceptors (Lipinski definition) is 4. The Morgan fingerprint density at radius 3 is 2.26 bits per heavy atom. The summed E-state index contributed by atoms with van der Waals surface area (Å²) in [6, 6.07) is 19.6. The monoisotopic (exact) mass is 411 g/mol. The Kier molecular flexibility index (Phi) is 5.67. The van der Waals surface area contributed by atoms with Gasteiger partial charge >= 0.3 is 0 Å². The van der Waals surface area contributed by atoms with Crippen LogP contribution >= 0.6 is 0 Å². The van der Waals surface area contributed by atoms with Gasteiger partial charge in [0.15, 0.2) is 0 Å². The number of likely N-dealkylation sites (N-methyl/N-ethyl adjacent to an activating group) is 1. The molecule has 0 saturated carbocycles. The fourth-order valence-electron chi connectivity index (χ4n) is 4.00. The quantitative estimate of drug-likeness (QED) is 0.573. The van der Waals surface area contributed by atoms with E-state index in [-0.39, 0.29) is 18.4 Å². The zero-order chi connectivity index (χ0) is 22.0. The maximum absolute atomic E-state index is 13.5. The van der Waals surface area contributed by atoms with Gasteiger partial charge in [0.05, 0.1) is 12.1 Å². The summed E-state index contributed by atoms with van der Waals surface area (Å²) in [7, 11) is 1.87. The molecular weight excluding hydrogens is 386 g/mol. The maximum Gasteiger partial charge on any atom is 0.278 e. The van der Waals surface area contributed by atoms with E-state index in [9.17, 15) is 9.59 Å². The van der Waals surface area contributed by atoms with E-state index in [0.29, 0.717) is 17.8 Å². The molecule has 1 aliphatic rings. The average Bonchev–Trinajstić information content (AvgIpc) is 3.00. The second-order valence-corrected chi connectivity index (χ2v) is 7.94. The number of aryl methyl sites for hydroxylation is 2. The molecule has 0 bridgehead atoms. The predicted octanol–water partition coefficient (Wildman–Crippen LogP) is 4.11. The van der Waals surface area contributed by atoms with Crippen molar-refractivity contribution in [3.05, 3.63) is 107 Å². The maximum atomic E-state index is 13.5. The number of amides is 2. The molecular formula is C26H25N3O2. The van der Waals surface area contributed by atoms with E-state index in [4.69, 9.17) is 0 Å². The molecule has 0 spiro atoms. The molecule has 2 heterocycles. The van der Waals surface area contributed by atoms with E-state index >= 15 is 0 Å². The van der Waals surface area contributed by atoms with Crippen LogP contribution in [0, 0.1) is 13.8 Å². The predicted molar refractivity (Wildman–Crippen MR) is 121 cm³/mol. The minimum absolute atomic E-state index is 0.220. The first-order valence-corrected chi connectivity index (χ1v) is 10.3. The molecule has 1 aliphatic heterocycles. The van der Waals surface area contributed by atoms with Crippen molar-refractivity contribution in [1.29, 1.82) is 0 Å². The van der Waals surface area contributed by atoms with Gasteiger partial charge in [-0.2, -0.15) is 0 Å². The highest BCUT2D eigenvalue weighted by Crippen LogP contribution is 2.34. The van der Waals surface area contributed by atoms with Gasteiger partial charge in [-0.15, -0.1) is 0 Å². The van der Waals surface area contributed by atoms with Crippen LogP contribution < -0.4 is 0 Å². The molecule has 0 atom stereocenters. The number of hydrogen-bond donors (Lipinski definition) is 0. The Bertz CT molecular complexity index is 1150. The molecule has 0 N–H and O–H groups in total. The molecule has 5 nitrogen and oxygen atoms in total. The van der Waals surface area contributed by atoms with Gasteiger partial charge in [0, 0.05) is 26.0 Å². The van der Waals surface area contributed by atoms with E-state index in [1.165, 1.54) is 4.90 Å². The summed E-state index contributed by atoms with van der Waals surface area (Å²) in [6.45, 7) is 4.75. The molecule has 0 radical (unpaired) electrons. The summed E-state index contributed by atoms with van der Waals surface area (Å²) in [6.07, 6.45) is 3.34. The van der Waals surface area contributed by atoms with Crippen LogP contribution in [0.2, 0.25) is 0 Å². The first-order valence-electron chi connectivity index (χ1n) is 10.3. The first-order chi connectivity index (χ1) is 15.0. The van der Waals surface area contributed by atoms with Gasteiger partial charge in [-0.25, -0.2) is 0 Å². The molecule has 0 unspecified atom stereocenters. The fourth-order valence-corrected chi connectivity index (χ4v) is 4.00. The van der Waals surface area contributed by atoms with Crippen LogP contribution in [-0.4, -0.2) is 33.6 Å². The number of pyridine rings is 1. The van der Waals surface area contributed by atoms with E-state index in [0.717, 1.165) is 27.8 Å². The van der Waals surface area contributed by atoms with Crippen LogP contribution in [0.1, 0.15) is 27.8 Å². The molecule has 0 aliphatic carbocycles. The van der Waals surface area contributed by atoms with Crippen molar-refractivity contribution in [2.24, 2.45) is 0 Å². The van der Waals surface area contributed by atoms with Crippen LogP contribution in [0.3, 0.4) is 0 Å². The molecule has 31 heavy (non-hydrogen) atoms. The summed E-state index contributed by atoms with van der Waals surface area (Å²) < 4.78 is 0. The SMILES string of the molecule is Cc1ccc(C2=C(N(C)Cc3ccccc3)C(=O)N(Cc3ccncc3)C2=O)c(C)c1. The lowest BCUT2D eigenvalue weighted by Gasteiger charge is -2.22. The van der Waals surface area contributed by atoms with Gasteiger partial charge in [0.25, 0.3) is 11.8 Å². The summed E-state index contributed by atoms with van der Waals surface area (Å²) in [5.41, 5.74) is 5.74. The number of nitrogens with zero attached hydrogens (tertiary/aromatic N) is 3. The van der Waals surface area contributed by atoms with Crippen LogP contribution in [0.5, 0.6) is 0 Å². The van der Waals surface area contributed by atoms with Gasteiger partial charge in [-0.05, 0) is 48.2 Å². The Labute approximate surface area is 182 Å². The first kappa shape index (κ1) is 20.5. The number of rotatable bonds is 6. The van der Waals surface area contributed by atoms with Crippen LogP contribution in [0.4, 0.5) is 0 Å². The Morgan fingerprint density at radius 1 is 0.871 bits per heavy atom. The Hall–Kier alpha value is -3.73. The summed E-state index contributed by atoms with van der Waals surface area (Å²) in [5, 5.41) is 0. The molecule has 1 aromatic heterocycles. The van der Waals surface area contributed by atoms with E-state index in [2.05, 4.69) is 4.98 Å². The van der Waals surface area contributed by atoms with Crippen molar-refractivity contribution >= 4 is 17.4 Å². The Balaban J connectivity index is 1.77. The summed E-state index contributed by atoms with van der Waals surface area (Å²) in [5.74, 6) is -0.529. The zero-order valence-corrected chi connectivity index (χ0v) is 18.0. The lowest BCUT2D eigenvalue weighted by molar-refractivity contribution is -0.138. The Morgan fingerprint density at radius 2 is 1.58 bits per heavy atom. The van der Waals surface area contributed by atoms with Crippen molar-refractivity contribution < 1.29 is 9.59 Å². The highest BCUT2D eigenvalue weighted by atomic mass is 16.2. The second kappa shape index (κ2) is 8.56. The average molecular weight is 412 g/mol. The molecule has 2 aromatic carbocycles. The van der Waals surface area contributed by atoms with Crippen molar-refractivity contribution in [1.82, 2.24) is 14.8 Å². The molecule has 0 saturated heterocycles. The molecule has 3 aromatic rings. The number of imide groups is 1. The summed E-state index contributed by atoms with van der Waals surface area (Å²) >= 11 is 0. The standard InChI is InChI=1S/C26H25N3O2/c1-18-9-10-22(19(2)15-18)23-24(28(3)16-20-7-5-4-6-8-20)26(31)29(25(23)30)17-21-11-13-27-14-12-21/h4-15H,16-17H2,1-3H3. The third kappa shape index (κ3) is 4.12. The molecule has 156 valence electrons. The third-order valence-corrected chi connectivity index (χ3v) is 5.53. The molecule has 0 fully saturated rings. The molecule has 4 rings (SSSR count). The number of carbonyl (C=O) groups excluding carboxylic acids is 2. The van der Waals surface area contributed by atoms with Crippen molar-refractivity contribution in [3.8, 4) is 0 Å². The highest BCUT2D eigenvalue weighted by Gasteiger charge is 2.41. The minimum atomic E-state index is -0.268. The van der Waals surface area contributed by atoms with Gasteiger partial charge in [0.1, 0.15) is 5.70 Å². The number of carbonyl (C=O) groups is 2. The highest BCUT2D eigenvalue weighted by molar-refractivity contribution is 6.35. The normalized spacial score (nSPS) is 13.8. The second-order valence-electron chi connectivity index (χ2n) is 7.94. The third-order valence-electron chi connectivity index (χ3n) is 5.53. The van der Waals surface area contributed by atoms with Crippen LogP contribution in [0.25, 0.3) is 5.57 Å². The van der Waals surface area contributed by atoms with Crippen molar-refractivity contribution in [3.63, 3.8) is 0 Å². The largest absolute Gasteiger partial charge is 0.365 e.